The van der Waals surface area contributed by atoms with Gasteiger partial charge in [0.25, 0.3) is 0 Å². The van der Waals surface area contributed by atoms with E-state index in [4.69, 9.17) is 0 Å². The number of rotatable bonds is 1. The van der Waals surface area contributed by atoms with Gasteiger partial charge in [-0.1, -0.05) is 0 Å². The Labute approximate surface area is 83.4 Å². The molecule has 0 fully saturated rings. The average Bonchev–Trinajstić information content (AvgIpc) is 2.46. The molecule has 0 aromatic carbocycles. The molecule has 0 aliphatic carbocycles. The molecule has 2 heterocycles. The van der Waals surface area contributed by atoms with Gasteiger partial charge in [-0.3, -0.25) is 0 Å². The predicted octanol–water partition coefficient (Wildman–Crippen LogP) is -0.262. The van der Waals surface area contributed by atoms with Crippen LogP contribution >= 0.6 is 0 Å². The van der Waals surface area contributed by atoms with Crippen molar-refractivity contribution in [3.05, 3.63) is 17.7 Å². The zero-order valence-corrected chi connectivity index (χ0v) is 9.08. The van der Waals surface area contributed by atoms with Crippen molar-refractivity contribution in [3.8, 4) is 0 Å². The number of hydrogen-bond acceptors (Lipinski definition) is 3. The van der Waals surface area contributed by atoms with Crippen molar-refractivity contribution in [2.24, 2.45) is 7.05 Å². The number of aryl methyl sites for hydroxylation is 1. The van der Waals surface area contributed by atoms with Gasteiger partial charge < -0.3 is 4.57 Å². The molecule has 0 amide bonds. The summed E-state index contributed by atoms with van der Waals surface area (Å²) in [6.45, 7) is 0.973. The highest BCUT2D eigenvalue weighted by atomic mass is 32.2. The fourth-order valence-electron chi connectivity index (χ4n) is 1.72. The molecular weight excluding hydrogens is 202 g/mol. The normalized spacial score (nSPS) is 18.1. The van der Waals surface area contributed by atoms with Crippen LogP contribution in [-0.4, -0.2) is 35.1 Å². The third-order valence-electron chi connectivity index (χ3n) is 2.54. The van der Waals surface area contributed by atoms with Crippen LogP contribution in [0.4, 0.5) is 0 Å². The zero-order valence-electron chi connectivity index (χ0n) is 8.27. The summed E-state index contributed by atoms with van der Waals surface area (Å²) in [5, 5.41) is 0. The van der Waals surface area contributed by atoms with Crippen LogP contribution in [-0.2, 0) is 30.0 Å². The number of nitrogens with zero attached hydrogens (tertiary/aromatic N) is 3. The largest absolute Gasteiger partial charge is 0.337 e. The molecule has 0 unspecified atom stereocenters. The smallest absolute Gasteiger partial charge is 0.211 e. The van der Waals surface area contributed by atoms with Crippen molar-refractivity contribution in [2.45, 2.75) is 13.0 Å². The monoisotopic (exact) mass is 215 g/mol. The Balaban J connectivity index is 2.31. The van der Waals surface area contributed by atoms with Crippen LogP contribution in [0.2, 0.25) is 0 Å². The fourth-order valence-corrected chi connectivity index (χ4v) is 2.50. The Kier molecular flexibility index (Phi) is 2.11. The third kappa shape index (κ3) is 1.55. The first kappa shape index (κ1) is 9.67. The average molecular weight is 215 g/mol. The molecule has 1 aromatic rings. The molecule has 0 N–H and O–H groups in total. The van der Waals surface area contributed by atoms with E-state index >= 15 is 0 Å². The van der Waals surface area contributed by atoms with Crippen LogP contribution < -0.4 is 0 Å². The zero-order chi connectivity index (χ0) is 10.3. The minimum absolute atomic E-state index is 0.412. The number of sulfonamides is 1. The van der Waals surface area contributed by atoms with Crippen LogP contribution in [0, 0.1) is 0 Å². The molecule has 0 radical (unpaired) electrons. The van der Waals surface area contributed by atoms with Gasteiger partial charge in [0, 0.05) is 25.7 Å². The van der Waals surface area contributed by atoms with E-state index in [-0.39, 0.29) is 0 Å². The molecule has 2 rings (SSSR count). The van der Waals surface area contributed by atoms with Gasteiger partial charge in [-0.15, -0.1) is 0 Å². The van der Waals surface area contributed by atoms with E-state index < -0.39 is 10.0 Å². The van der Waals surface area contributed by atoms with E-state index in [1.165, 1.54) is 10.6 Å². The lowest BCUT2D eigenvalue weighted by atomic mass is 10.2. The first-order chi connectivity index (χ1) is 6.48. The maximum atomic E-state index is 11.3. The van der Waals surface area contributed by atoms with Gasteiger partial charge in [-0.25, -0.2) is 13.4 Å². The minimum atomic E-state index is -3.08. The maximum Gasteiger partial charge on any atom is 0.211 e. The first-order valence-corrected chi connectivity index (χ1v) is 6.27. The molecule has 0 bridgehead atoms. The van der Waals surface area contributed by atoms with Crippen LogP contribution in [0.5, 0.6) is 0 Å². The summed E-state index contributed by atoms with van der Waals surface area (Å²) in [6.07, 6.45) is 3.72. The van der Waals surface area contributed by atoms with Gasteiger partial charge in [0.05, 0.1) is 24.8 Å². The fraction of sp³-hybridized carbons (Fsp3) is 0.625. The Morgan fingerprint density at radius 1 is 1.50 bits per heavy atom. The highest BCUT2D eigenvalue weighted by molar-refractivity contribution is 7.88. The molecule has 1 aromatic heterocycles. The van der Waals surface area contributed by atoms with Gasteiger partial charge in [0.2, 0.25) is 10.0 Å². The molecule has 0 saturated heterocycles. The van der Waals surface area contributed by atoms with Gasteiger partial charge in [-0.05, 0) is 0 Å². The second-order valence-corrected chi connectivity index (χ2v) is 5.58. The van der Waals surface area contributed by atoms with E-state index in [0.717, 1.165) is 17.8 Å². The standard InChI is InChI=1S/C8H13N3O2S/c1-10-6-9-7-5-11(14(2,12)13)4-3-8(7)10/h6H,3-5H2,1-2H3. The van der Waals surface area contributed by atoms with Crippen LogP contribution in [0.3, 0.4) is 0 Å². The first-order valence-electron chi connectivity index (χ1n) is 4.42. The minimum Gasteiger partial charge on any atom is -0.337 e. The molecular formula is C8H13N3O2S. The highest BCUT2D eigenvalue weighted by Gasteiger charge is 2.25. The van der Waals surface area contributed by atoms with Crippen LogP contribution in [0.1, 0.15) is 11.4 Å². The van der Waals surface area contributed by atoms with Crippen LogP contribution in [0.25, 0.3) is 0 Å². The van der Waals surface area contributed by atoms with E-state index in [0.29, 0.717) is 13.1 Å². The second-order valence-electron chi connectivity index (χ2n) is 3.60. The van der Waals surface area contributed by atoms with Gasteiger partial charge in [0.15, 0.2) is 0 Å². The number of hydrogen-bond donors (Lipinski definition) is 0. The van der Waals surface area contributed by atoms with Crippen molar-refractivity contribution < 1.29 is 8.42 Å². The Hall–Kier alpha value is -0.880. The maximum absolute atomic E-state index is 11.3. The molecule has 6 heteroatoms. The van der Waals surface area contributed by atoms with E-state index in [2.05, 4.69) is 4.98 Å². The summed E-state index contributed by atoms with van der Waals surface area (Å²) in [5.41, 5.74) is 2.02. The predicted molar refractivity (Wildman–Crippen MR) is 52.2 cm³/mol. The van der Waals surface area contributed by atoms with Gasteiger partial charge in [-0.2, -0.15) is 4.31 Å². The lowest BCUT2D eigenvalue weighted by molar-refractivity contribution is 0.386. The van der Waals surface area contributed by atoms with E-state index in [1.807, 2.05) is 11.6 Å². The van der Waals surface area contributed by atoms with Gasteiger partial charge >= 0.3 is 0 Å². The third-order valence-corrected chi connectivity index (χ3v) is 3.79. The summed E-state index contributed by atoms with van der Waals surface area (Å²) in [5.74, 6) is 0. The van der Waals surface area contributed by atoms with Crippen LogP contribution in [0.15, 0.2) is 6.33 Å². The van der Waals surface area contributed by atoms with Gasteiger partial charge in [0.1, 0.15) is 0 Å². The molecule has 1 aliphatic rings. The van der Waals surface area contributed by atoms with Crippen molar-refractivity contribution >= 4 is 10.0 Å². The Bertz CT molecular complexity index is 449. The van der Waals surface area contributed by atoms with Crippen molar-refractivity contribution in [1.29, 1.82) is 0 Å². The molecule has 0 saturated carbocycles. The number of imidazole rings is 1. The molecule has 5 nitrogen and oxygen atoms in total. The number of fused-ring (bicyclic) bond motifs is 1. The summed E-state index contributed by atoms with van der Waals surface area (Å²) < 4.78 is 26.0. The summed E-state index contributed by atoms with van der Waals surface area (Å²) in [6, 6.07) is 0. The van der Waals surface area contributed by atoms with Crippen molar-refractivity contribution in [2.75, 3.05) is 12.8 Å². The topological polar surface area (TPSA) is 55.2 Å². The number of aromatic nitrogens is 2. The van der Waals surface area contributed by atoms with Crippen molar-refractivity contribution in [1.82, 2.24) is 13.9 Å². The lowest BCUT2D eigenvalue weighted by Crippen LogP contribution is -2.35. The summed E-state index contributed by atoms with van der Waals surface area (Å²) in [7, 11) is -1.14. The summed E-state index contributed by atoms with van der Waals surface area (Å²) >= 11 is 0. The Morgan fingerprint density at radius 3 is 2.86 bits per heavy atom. The summed E-state index contributed by atoms with van der Waals surface area (Å²) in [4.78, 5) is 4.18. The lowest BCUT2D eigenvalue weighted by Gasteiger charge is -2.24. The van der Waals surface area contributed by atoms with E-state index in [1.54, 1.807) is 6.33 Å². The quantitative estimate of drug-likeness (QED) is 0.648. The van der Waals surface area contributed by atoms with Crippen molar-refractivity contribution in [3.63, 3.8) is 0 Å². The SMILES string of the molecule is Cn1cnc2c1CCN(S(C)(=O)=O)C2. The molecule has 78 valence electrons. The Morgan fingerprint density at radius 2 is 2.21 bits per heavy atom. The molecule has 0 atom stereocenters. The highest BCUT2D eigenvalue weighted by Crippen LogP contribution is 2.18. The second kappa shape index (κ2) is 3.06. The van der Waals surface area contributed by atoms with E-state index in [9.17, 15) is 8.42 Å². The molecule has 1 aliphatic heterocycles. The molecule has 14 heavy (non-hydrogen) atoms. The molecule has 0 spiro atoms.